The van der Waals surface area contributed by atoms with Gasteiger partial charge in [-0.2, -0.15) is 0 Å². The normalized spacial score (nSPS) is 21.7. The summed E-state index contributed by atoms with van der Waals surface area (Å²) in [5.74, 6) is -0.111. The van der Waals surface area contributed by atoms with E-state index in [1.165, 1.54) is 18.3 Å². The minimum absolute atomic E-state index is 0.111. The van der Waals surface area contributed by atoms with Crippen molar-refractivity contribution in [2.75, 3.05) is 19.7 Å². The fraction of sp³-hybridized carbons (Fsp3) is 0.500. The molecule has 1 aromatic heterocycles. The lowest BCUT2D eigenvalue weighted by atomic mass is 10.1. The summed E-state index contributed by atoms with van der Waals surface area (Å²) in [7, 11) is 0. The minimum atomic E-state index is -0.220. The second-order valence-corrected chi connectivity index (χ2v) is 4.46. The van der Waals surface area contributed by atoms with Crippen LogP contribution in [0.4, 0.5) is 0 Å². The molecule has 2 atom stereocenters. The third-order valence-electron chi connectivity index (χ3n) is 3.00. The van der Waals surface area contributed by atoms with E-state index in [4.69, 9.17) is 10.5 Å². The van der Waals surface area contributed by atoms with Crippen LogP contribution in [-0.4, -0.2) is 47.6 Å². The summed E-state index contributed by atoms with van der Waals surface area (Å²) in [4.78, 5) is 27.3. The Bertz CT molecular complexity index is 463. The van der Waals surface area contributed by atoms with Crippen molar-refractivity contribution in [2.24, 2.45) is 5.73 Å². The number of carbonyl (C=O) groups excluding carboxylic acids is 1. The van der Waals surface area contributed by atoms with Crippen LogP contribution in [0.2, 0.25) is 0 Å². The predicted molar refractivity (Wildman–Crippen MR) is 66.4 cm³/mol. The number of amides is 1. The smallest absolute Gasteiger partial charge is 0.255 e. The molecule has 6 heteroatoms. The summed E-state index contributed by atoms with van der Waals surface area (Å²) in [6.45, 7) is 3.37. The molecular formula is C12H17N3O3. The summed E-state index contributed by atoms with van der Waals surface area (Å²) in [6, 6.07) is 2.75. The number of H-pyrrole nitrogens is 1. The van der Waals surface area contributed by atoms with Gasteiger partial charge in [0.15, 0.2) is 0 Å². The highest BCUT2D eigenvalue weighted by atomic mass is 16.5. The molecule has 2 rings (SSSR count). The van der Waals surface area contributed by atoms with Crippen LogP contribution < -0.4 is 11.3 Å². The molecule has 1 fully saturated rings. The van der Waals surface area contributed by atoms with Crippen LogP contribution >= 0.6 is 0 Å². The number of nitrogens with two attached hydrogens (primary N) is 1. The number of ether oxygens (including phenoxy) is 1. The van der Waals surface area contributed by atoms with Gasteiger partial charge in [-0.1, -0.05) is 0 Å². The third kappa shape index (κ3) is 2.77. The Labute approximate surface area is 105 Å². The summed E-state index contributed by atoms with van der Waals surface area (Å²) in [5.41, 5.74) is 6.03. The molecular weight excluding hydrogens is 234 g/mol. The lowest BCUT2D eigenvalue weighted by molar-refractivity contribution is -0.0300. The van der Waals surface area contributed by atoms with Gasteiger partial charge < -0.3 is 20.4 Å². The fourth-order valence-electron chi connectivity index (χ4n) is 1.90. The number of nitrogens with one attached hydrogen (secondary N) is 1. The zero-order chi connectivity index (χ0) is 13.1. The van der Waals surface area contributed by atoms with Crippen molar-refractivity contribution in [1.29, 1.82) is 0 Å². The lowest BCUT2D eigenvalue weighted by Gasteiger charge is -2.34. The summed E-state index contributed by atoms with van der Waals surface area (Å²) >= 11 is 0. The molecule has 2 unspecified atom stereocenters. The van der Waals surface area contributed by atoms with Crippen molar-refractivity contribution < 1.29 is 9.53 Å². The fourth-order valence-corrected chi connectivity index (χ4v) is 1.90. The van der Waals surface area contributed by atoms with Crippen LogP contribution in [0.25, 0.3) is 0 Å². The maximum absolute atomic E-state index is 12.2. The third-order valence-corrected chi connectivity index (χ3v) is 3.00. The second-order valence-electron chi connectivity index (χ2n) is 4.46. The van der Waals surface area contributed by atoms with Crippen molar-refractivity contribution in [1.82, 2.24) is 9.88 Å². The number of nitrogens with zero attached hydrogens (tertiary/aromatic N) is 1. The van der Waals surface area contributed by atoms with E-state index in [1.54, 1.807) is 4.90 Å². The quantitative estimate of drug-likeness (QED) is 0.746. The van der Waals surface area contributed by atoms with E-state index >= 15 is 0 Å². The van der Waals surface area contributed by atoms with Crippen molar-refractivity contribution in [3.8, 4) is 0 Å². The number of hydrogen-bond acceptors (Lipinski definition) is 4. The molecule has 0 aromatic carbocycles. The summed E-state index contributed by atoms with van der Waals surface area (Å²) in [6.07, 6.45) is 1.30. The average molecular weight is 251 g/mol. The summed E-state index contributed by atoms with van der Waals surface area (Å²) in [5, 5.41) is 0. The maximum atomic E-state index is 12.2. The van der Waals surface area contributed by atoms with Crippen molar-refractivity contribution in [3.05, 3.63) is 34.2 Å². The van der Waals surface area contributed by atoms with Gasteiger partial charge in [-0.05, 0) is 13.0 Å². The van der Waals surface area contributed by atoms with Gasteiger partial charge in [0, 0.05) is 31.4 Å². The minimum Gasteiger partial charge on any atom is -0.373 e. The number of carbonyl (C=O) groups is 1. The molecule has 1 aliphatic heterocycles. The number of aromatic nitrogens is 1. The molecule has 3 N–H and O–H groups in total. The highest BCUT2D eigenvalue weighted by Gasteiger charge is 2.27. The van der Waals surface area contributed by atoms with Gasteiger partial charge in [-0.25, -0.2) is 0 Å². The highest BCUT2D eigenvalue weighted by Crippen LogP contribution is 2.11. The molecule has 0 aliphatic carbocycles. The highest BCUT2D eigenvalue weighted by molar-refractivity contribution is 5.93. The van der Waals surface area contributed by atoms with E-state index < -0.39 is 0 Å². The number of hydrogen-bond donors (Lipinski definition) is 2. The Morgan fingerprint density at radius 1 is 1.61 bits per heavy atom. The Morgan fingerprint density at radius 3 is 3.00 bits per heavy atom. The van der Waals surface area contributed by atoms with E-state index in [0.717, 1.165) is 0 Å². The van der Waals surface area contributed by atoms with Crippen molar-refractivity contribution in [2.45, 2.75) is 19.1 Å². The Hall–Kier alpha value is -1.66. The Kier molecular flexibility index (Phi) is 3.78. The van der Waals surface area contributed by atoms with E-state index in [0.29, 0.717) is 25.3 Å². The van der Waals surface area contributed by atoms with Gasteiger partial charge in [0.2, 0.25) is 5.56 Å². The largest absolute Gasteiger partial charge is 0.373 e. The first-order valence-electron chi connectivity index (χ1n) is 5.93. The molecule has 0 radical (unpaired) electrons. The zero-order valence-corrected chi connectivity index (χ0v) is 10.3. The number of aromatic amines is 1. The molecule has 18 heavy (non-hydrogen) atoms. The first-order chi connectivity index (χ1) is 8.58. The molecule has 6 nitrogen and oxygen atoms in total. The molecule has 2 heterocycles. The van der Waals surface area contributed by atoms with E-state index in [1.807, 2.05) is 6.92 Å². The molecule has 98 valence electrons. The van der Waals surface area contributed by atoms with Gasteiger partial charge >= 0.3 is 0 Å². The van der Waals surface area contributed by atoms with Gasteiger partial charge in [0.1, 0.15) is 0 Å². The Morgan fingerprint density at radius 2 is 2.39 bits per heavy atom. The van der Waals surface area contributed by atoms with Gasteiger partial charge in [-0.3, -0.25) is 9.59 Å². The van der Waals surface area contributed by atoms with Crippen LogP contribution in [0, 0.1) is 0 Å². The van der Waals surface area contributed by atoms with Crippen molar-refractivity contribution in [3.63, 3.8) is 0 Å². The van der Waals surface area contributed by atoms with Crippen molar-refractivity contribution >= 4 is 5.91 Å². The molecule has 0 bridgehead atoms. The van der Waals surface area contributed by atoms with Crippen LogP contribution in [-0.2, 0) is 4.74 Å². The monoisotopic (exact) mass is 251 g/mol. The van der Waals surface area contributed by atoms with E-state index in [-0.39, 0.29) is 23.6 Å². The maximum Gasteiger partial charge on any atom is 0.255 e. The van der Waals surface area contributed by atoms with Crippen LogP contribution in [0.15, 0.2) is 23.1 Å². The molecule has 1 saturated heterocycles. The van der Waals surface area contributed by atoms with Gasteiger partial charge in [0.05, 0.1) is 18.3 Å². The van der Waals surface area contributed by atoms with Crippen LogP contribution in [0.1, 0.15) is 17.3 Å². The van der Waals surface area contributed by atoms with Gasteiger partial charge in [0.25, 0.3) is 5.91 Å². The van der Waals surface area contributed by atoms with Crippen LogP contribution in [0.3, 0.4) is 0 Å². The summed E-state index contributed by atoms with van der Waals surface area (Å²) < 4.78 is 5.50. The Balaban J connectivity index is 2.09. The number of rotatable bonds is 2. The molecule has 1 aliphatic rings. The topological polar surface area (TPSA) is 88.4 Å². The first kappa shape index (κ1) is 12.8. The van der Waals surface area contributed by atoms with E-state index in [9.17, 15) is 9.59 Å². The average Bonchev–Trinajstić information content (AvgIpc) is 2.39. The van der Waals surface area contributed by atoms with E-state index in [2.05, 4.69) is 4.98 Å². The SMILES string of the molecule is CC(N)C1CN(C(=O)c2ccc(=O)[nH]c2)CCO1. The number of pyridine rings is 1. The lowest BCUT2D eigenvalue weighted by Crippen LogP contribution is -2.51. The van der Waals surface area contributed by atoms with Gasteiger partial charge in [-0.15, -0.1) is 0 Å². The second kappa shape index (κ2) is 5.32. The predicted octanol–water partition coefficient (Wildman–Crippen LogP) is -0.437. The molecule has 1 aromatic rings. The number of morpholine rings is 1. The first-order valence-corrected chi connectivity index (χ1v) is 5.93. The molecule has 1 amide bonds. The molecule has 0 spiro atoms. The zero-order valence-electron chi connectivity index (χ0n) is 10.3. The van der Waals surface area contributed by atoms with Crippen LogP contribution in [0.5, 0.6) is 0 Å². The standard InChI is InChI=1S/C12H17N3O3/c1-8(13)10-7-15(4-5-18-10)12(17)9-2-3-11(16)14-6-9/h2-3,6,8,10H,4-5,7,13H2,1H3,(H,14,16). The molecule has 0 saturated carbocycles.